The molecular formula is C16H17Br2NOS. The Morgan fingerprint density at radius 3 is 2.48 bits per heavy atom. The van der Waals surface area contributed by atoms with E-state index in [2.05, 4.69) is 68.3 Å². The molecule has 0 bridgehead atoms. The Labute approximate surface area is 146 Å². The standard InChI is InChI=1S/C16H17Br2NOS/c1-20-16-7-2-11(9-15(16)18)8-13(19)10-21-14-5-3-12(17)4-6-14/h2-7,9,13H,8,10,19H2,1H3. The van der Waals surface area contributed by atoms with Crippen molar-refractivity contribution >= 4 is 43.6 Å². The lowest BCUT2D eigenvalue weighted by atomic mass is 10.1. The first-order valence-corrected chi connectivity index (χ1v) is 9.12. The summed E-state index contributed by atoms with van der Waals surface area (Å²) in [5.41, 5.74) is 7.44. The highest BCUT2D eigenvalue weighted by molar-refractivity contribution is 9.10. The first kappa shape index (κ1) is 16.9. The summed E-state index contributed by atoms with van der Waals surface area (Å²) in [6.07, 6.45) is 0.853. The number of methoxy groups -OCH3 is 1. The second-order valence-electron chi connectivity index (χ2n) is 4.70. The number of halogens is 2. The van der Waals surface area contributed by atoms with Crippen molar-refractivity contribution in [1.29, 1.82) is 0 Å². The van der Waals surface area contributed by atoms with Crippen molar-refractivity contribution in [3.63, 3.8) is 0 Å². The molecule has 2 rings (SSSR count). The highest BCUT2D eigenvalue weighted by atomic mass is 79.9. The molecular weight excluding hydrogens is 414 g/mol. The highest BCUT2D eigenvalue weighted by Gasteiger charge is 2.08. The lowest BCUT2D eigenvalue weighted by molar-refractivity contribution is 0.412. The molecule has 2 aromatic rings. The average molecular weight is 431 g/mol. The SMILES string of the molecule is COc1ccc(CC(N)CSc2ccc(Br)cc2)cc1Br. The molecule has 0 heterocycles. The van der Waals surface area contributed by atoms with Crippen LogP contribution in [0.3, 0.4) is 0 Å². The van der Waals surface area contributed by atoms with Crippen LogP contribution in [0.15, 0.2) is 56.3 Å². The molecule has 0 saturated heterocycles. The third-order valence-electron chi connectivity index (χ3n) is 2.99. The quantitative estimate of drug-likeness (QED) is 0.663. The summed E-state index contributed by atoms with van der Waals surface area (Å²) in [5, 5.41) is 0. The summed E-state index contributed by atoms with van der Waals surface area (Å²) in [5.74, 6) is 1.74. The lowest BCUT2D eigenvalue weighted by Gasteiger charge is -2.12. The van der Waals surface area contributed by atoms with Crippen LogP contribution in [0.4, 0.5) is 0 Å². The third-order valence-corrected chi connectivity index (χ3v) is 5.34. The Morgan fingerprint density at radius 1 is 1.14 bits per heavy atom. The first-order chi connectivity index (χ1) is 10.1. The van der Waals surface area contributed by atoms with E-state index in [1.54, 1.807) is 18.9 Å². The van der Waals surface area contributed by atoms with E-state index in [1.807, 2.05) is 6.07 Å². The van der Waals surface area contributed by atoms with Gasteiger partial charge in [-0.05, 0) is 64.3 Å². The van der Waals surface area contributed by atoms with Crippen molar-refractivity contribution in [1.82, 2.24) is 0 Å². The minimum Gasteiger partial charge on any atom is -0.496 e. The zero-order chi connectivity index (χ0) is 15.2. The number of hydrogen-bond acceptors (Lipinski definition) is 3. The number of benzene rings is 2. The van der Waals surface area contributed by atoms with Crippen molar-refractivity contribution in [2.45, 2.75) is 17.4 Å². The minimum absolute atomic E-state index is 0.124. The Morgan fingerprint density at radius 2 is 1.86 bits per heavy atom. The van der Waals surface area contributed by atoms with Gasteiger partial charge in [-0.3, -0.25) is 0 Å². The highest BCUT2D eigenvalue weighted by Crippen LogP contribution is 2.26. The van der Waals surface area contributed by atoms with Gasteiger partial charge in [0.2, 0.25) is 0 Å². The smallest absolute Gasteiger partial charge is 0.133 e. The Bertz CT molecular complexity index is 589. The van der Waals surface area contributed by atoms with Gasteiger partial charge >= 0.3 is 0 Å². The monoisotopic (exact) mass is 429 g/mol. The van der Waals surface area contributed by atoms with E-state index < -0.39 is 0 Å². The van der Waals surface area contributed by atoms with Crippen LogP contribution in [-0.2, 0) is 6.42 Å². The van der Waals surface area contributed by atoms with Gasteiger partial charge in [-0.2, -0.15) is 0 Å². The molecule has 1 atom stereocenters. The van der Waals surface area contributed by atoms with Crippen LogP contribution < -0.4 is 10.5 Å². The molecule has 5 heteroatoms. The summed E-state index contributed by atoms with van der Waals surface area (Å²) < 4.78 is 7.30. The van der Waals surface area contributed by atoms with Gasteiger partial charge in [-0.25, -0.2) is 0 Å². The van der Waals surface area contributed by atoms with Crippen LogP contribution >= 0.6 is 43.6 Å². The first-order valence-electron chi connectivity index (χ1n) is 6.55. The van der Waals surface area contributed by atoms with Gasteiger partial charge in [-0.1, -0.05) is 22.0 Å². The number of hydrogen-bond donors (Lipinski definition) is 1. The average Bonchev–Trinajstić information content (AvgIpc) is 2.47. The van der Waals surface area contributed by atoms with Gasteiger partial charge in [0.25, 0.3) is 0 Å². The minimum atomic E-state index is 0.124. The summed E-state index contributed by atoms with van der Waals surface area (Å²) >= 11 is 8.73. The maximum absolute atomic E-state index is 6.23. The van der Waals surface area contributed by atoms with E-state index in [-0.39, 0.29) is 6.04 Å². The Balaban J connectivity index is 1.88. The zero-order valence-electron chi connectivity index (χ0n) is 11.7. The number of ether oxygens (including phenoxy) is 1. The summed E-state index contributed by atoms with van der Waals surface area (Å²) in [6, 6.07) is 14.5. The lowest BCUT2D eigenvalue weighted by Crippen LogP contribution is -2.25. The van der Waals surface area contributed by atoms with Crippen LogP contribution in [0.2, 0.25) is 0 Å². The van der Waals surface area contributed by atoms with Crippen LogP contribution in [0.25, 0.3) is 0 Å². The maximum atomic E-state index is 6.23. The van der Waals surface area contributed by atoms with E-state index in [9.17, 15) is 0 Å². The third kappa shape index (κ3) is 5.33. The largest absolute Gasteiger partial charge is 0.496 e. The van der Waals surface area contributed by atoms with Gasteiger partial charge in [0.1, 0.15) is 5.75 Å². The fourth-order valence-electron chi connectivity index (χ4n) is 1.93. The molecule has 0 spiro atoms. The summed E-state index contributed by atoms with van der Waals surface area (Å²) in [7, 11) is 1.67. The molecule has 2 N–H and O–H groups in total. The van der Waals surface area contributed by atoms with Crippen LogP contribution in [-0.4, -0.2) is 18.9 Å². The van der Waals surface area contributed by atoms with Gasteiger partial charge in [0.15, 0.2) is 0 Å². The number of rotatable bonds is 6. The second kappa shape index (κ2) is 8.22. The Kier molecular flexibility index (Phi) is 6.61. The molecule has 112 valence electrons. The van der Waals surface area contributed by atoms with Crippen molar-refractivity contribution in [3.05, 3.63) is 57.0 Å². The molecule has 0 aliphatic heterocycles. The topological polar surface area (TPSA) is 35.2 Å². The van der Waals surface area contributed by atoms with Crippen LogP contribution in [0.1, 0.15) is 5.56 Å². The summed E-state index contributed by atoms with van der Waals surface area (Å²) in [6.45, 7) is 0. The number of thioether (sulfide) groups is 1. The van der Waals surface area contributed by atoms with E-state index >= 15 is 0 Å². The van der Waals surface area contributed by atoms with E-state index in [4.69, 9.17) is 10.5 Å². The van der Waals surface area contributed by atoms with Crippen molar-refractivity contribution in [3.8, 4) is 5.75 Å². The zero-order valence-corrected chi connectivity index (χ0v) is 15.7. The molecule has 0 saturated carbocycles. The number of nitrogens with two attached hydrogens (primary N) is 1. The molecule has 0 amide bonds. The van der Waals surface area contributed by atoms with Crippen LogP contribution in [0, 0.1) is 0 Å². The fourth-order valence-corrected chi connectivity index (χ4v) is 3.64. The predicted octanol–water partition coefficient (Wildman–Crippen LogP) is 4.88. The van der Waals surface area contributed by atoms with E-state index in [0.717, 1.165) is 26.9 Å². The predicted molar refractivity (Wildman–Crippen MR) is 97.2 cm³/mol. The Hall–Kier alpha value is -0.490. The molecule has 0 radical (unpaired) electrons. The molecule has 1 unspecified atom stereocenters. The summed E-state index contributed by atoms with van der Waals surface area (Å²) in [4.78, 5) is 1.24. The van der Waals surface area contributed by atoms with Crippen molar-refractivity contribution in [2.24, 2.45) is 5.73 Å². The maximum Gasteiger partial charge on any atom is 0.133 e. The van der Waals surface area contributed by atoms with Crippen molar-refractivity contribution < 1.29 is 4.74 Å². The van der Waals surface area contributed by atoms with Gasteiger partial charge < -0.3 is 10.5 Å². The molecule has 2 aromatic carbocycles. The fraction of sp³-hybridized carbons (Fsp3) is 0.250. The molecule has 0 aliphatic rings. The second-order valence-corrected chi connectivity index (χ2v) is 7.56. The van der Waals surface area contributed by atoms with E-state index in [0.29, 0.717) is 0 Å². The molecule has 2 nitrogen and oxygen atoms in total. The van der Waals surface area contributed by atoms with Gasteiger partial charge in [-0.15, -0.1) is 11.8 Å². The van der Waals surface area contributed by atoms with Gasteiger partial charge in [0, 0.05) is 21.2 Å². The molecule has 0 aliphatic carbocycles. The van der Waals surface area contributed by atoms with Gasteiger partial charge in [0.05, 0.1) is 11.6 Å². The molecule has 21 heavy (non-hydrogen) atoms. The van der Waals surface area contributed by atoms with Crippen LogP contribution in [0.5, 0.6) is 5.75 Å². The molecule has 0 aromatic heterocycles. The van der Waals surface area contributed by atoms with E-state index in [1.165, 1.54) is 10.5 Å². The van der Waals surface area contributed by atoms with Crippen molar-refractivity contribution in [2.75, 3.05) is 12.9 Å². The molecule has 0 fully saturated rings. The normalized spacial score (nSPS) is 12.2.